The molecule has 4 nitrogen and oxygen atoms in total. The summed E-state index contributed by atoms with van der Waals surface area (Å²) in [6, 6.07) is 5.73. The van der Waals surface area contributed by atoms with Gasteiger partial charge in [-0.2, -0.15) is 5.26 Å². The molecule has 0 aromatic carbocycles. The molecule has 0 bridgehead atoms. The number of nitrogens with zero attached hydrogens (tertiary/aromatic N) is 3. The molecule has 1 atom stereocenters. The van der Waals surface area contributed by atoms with Crippen molar-refractivity contribution in [2.24, 2.45) is 5.92 Å². The molecule has 2 rings (SSSR count). The van der Waals surface area contributed by atoms with E-state index < -0.39 is 0 Å². The van der Waals surface area contributed by atoms with E-state index in [1.54, 1.807) is 23.2 Å². The van der Waals surface area contributed by atoms with Gasteiger partial charge in [-0.3, -0.25) is 4.79 Å². The third-order valence-electron chi connectivity index (χ3n) is 2.87. The summed E-state index contributed by atoms with van der Waals surface area (Å²) < 4.78 is 0.711. The van der Waals surface area contributed by atoms with Crippen LogP contribution in [-0.2, 0) is 0 Å². The van der Waals surface area contributed by atoms with Crippen LogP contribution in [0.3, 0.4) is 0 Å². The molecule has 1 fully saturated rings. The summed E-state index contributed by atoms with van der Waals surface area (Å²) in [5, 5.41) is 8.89. The maximum Gasteiger partial charge on any atom is 0.255 e. The lowest BCUT2D eigenvalue weighted by molar-refractivity contribution is 0.0698. The highest BCUT2D eigenvalue weighted by molar-refractivity contribution is 9.10. The van der Waals surface area contributed by atoms with E-state index in [4.69, 9.17) is 5.26 Å². The van der Waals surface area contributed by atoms with Crippen LogP contribution in [0.4, 0.5) is 0 Å². The monoisotopic (exact) mass is 293 g/mol. The van der Waals surface area contributed by atoms with Crippen molar-refractivity contribution in [3.63, 3.8) is 0 Å². The van der Waals surface area contributed by atoms with Crippen LogP contribution in [0.2, 0.25) is 0 Å². The second-order valence-electron chi connectivity index (χ2n) is 4.09. The average Bonchev–Trinajstić information content (AvgIpc) is 2.39. The van der Waals surface area contributed by atoms with Gasteiger partial charge in [0.2, 0.25) is 0 Å². The van der Waals surface area contributed by atoms with Crippen molar-refractivity contribution in [1.82, 2.24) is 9.88 Å². The van der Waals surface area contributed by atoms with Gasteiger partial charge in [0.25, 0.3) is 5.91 Å². The summed E-state index contributed by atoms with van der Waals surface area (Å²) in [5.74, 6) is -0.0685. The molecule has 0 radical (unpaired) electrons. The first kappa shape index (κ1) is 12.1. The number of carbonyl (C=O) groups is 1. The second kappa shape index (κ2) is 5.28. The number of aromatic nitrogens is 1. The van der Waals surface area contributed by atoms with Gasteiger partial charge < -0.3 is 4.90 Å². The second-order valence-corrected chi connectivity index (χ2v) is 4.90. The van der Waals surface area contributed by atoms with Gasteiger partial charge in [-0.05, 0) is 40.9 Å². The van der Waals surface area contributed by atoms with Crippen molar-refractivity contribution in [2.75, 3.05) is 13.1 Å². The Balaban J connectivity index is 2.09. The lowest BCUT2D eigenvalue weighted by atomic mass is 9.99. The van der Waals surface area contributed by atoms with Gasteiger partial charge >= 0.3 is 0 Å². The summed E-state index contributed by atoms with van der Waals surface area (Å²) in [6.07, 6.45) is 3.34. The summed E-state index contributed by atoms with van der Waals surface area (Å²) in [6.45, 7) is 1.26. The van der Waals surface area contributed by atoms with Crippen LogP contribution < -0.4 is 0 Å². The number of halogens is 1. The van der Waals surface area contributed by atoms with Crippen molar-refractivity contribution in [1.29, 1.82) is 5.26 Å². The number of rotatable bonds is 1. The Morgan fingerprint density at radius 2 is 2.41 bits per heavy atom. The molecular formula is C12H12BrN3O. The third-order valence-corrected chi connectivity index (χ3v) is 3.33. The summed E-state index contributed by atoms with van der Waals surface area (Å²) in [7, 11) is 0. The first-order valence-corrected chi connectivity index (χ1v) is 6.30. The highest BCUT2D eigenvalue weighted by Crippen LogP contribution is 2.18. The Labute approximate surface area is 108 Å². The number of hydrogen-bond acceptors (Lipinski definition) is 3. The molecule has 1 aromatic rings. The lowest BCUT2D eigenvalue weighted by Gasteiger charge is -2.29. The Bertz CT molecular complexity index is 452. The molecule has 5 heteroatoms. The van der Waals surface area contributed by atoms with Crippen LogP contribution in [0.5, 0.6) is 0 Å². The molecule has 0 spiro atoms. The minimum Gasteiger partial charge on any atom is -0.337 e. The molecule has 0 N–H and O–H groups in total. The summed E-state index contributed by atoms with van der Waals surface area (Å²) in [5.41, 5.74) is 0.576. The van der Waals surface area contributed by atoms with Gasteiger partial charge in [0.1, 0.15) is 4.60 Å². The first-order valence-electron chi connectivity index (χ1n) is 5.51. The zero-order chi connectivity index (χ0) is 12.3. The largest absolute Gasteiger partial charge is 0.337 e. The molecular weight excluding hydrogens is 282 g/mol. The Morgan fingerprint density at radius 3 is 3.06 bits per heavy atom. The molecule has 0 saturated carbocycles. The van der Waals surface area contributed by atoms with Crippen molar-refractivity contribution < 1.29 is 4.79 Å². The van der Waals surface area contributed by atoms with E-state index in [2.05, 4.69) is 27.0 Å². The standard InChI is InChI=1S/C12H12BrN3O/c13-11-4-3-10(7-15-11)12(17)16-5-1-2-9(6-14)8-16/h3-4,7,9H,1-2,5,8H2. The van der Waals surface area contributed by atoms with Crippen molar-refractivity contribution >= 4 is 21.8 Å². The molecule has 17 heavy (non-hydrogen) atoms. The van der Waals surface area contributed by atoms with Gasteiger partial charge in [-0.25, -0.2) is 4.98 Å². The molecule has 0 aliphatic carbocycles. The highest BCUT2D eigenvalue weighted by Gasteiger charge is 2.24. The van der Waals surface area contributed by atoms with Gasteiger partial charge in [0.15, 0.2) is 0 Å². The van der Waals surface area contributed by atoms with Gasteiger partial charge in [-0.1, -0.05) is 0 Å². The first-order chi connectivity index (χ1) is 8.20. The van der Waals surface area contributed by atoms with Crippen LogP contribution in [0, 0.1) is 17.2 Å². The van der Waals surface area contributed by atoms with E-state index in [9.17, 15) is 4.79 Å². The minimum absolute atomic E-state index is 0.0314. The van der Waals surface area contributed by atoms with E-state index in [0.717, 1.165) is 19.4 Å². The Morgan fingerprint density at radius 1 is 1.59 bits per heavy atom. The smallest absolute Gasteiger partial charge is 0.255 e. The molecule has 1 saturated heterocycles. The minimum atomic E-state index is -0.0371. The normalized spacial score (nSPS) is 19.8. The van der Waals surface area contributed by atoms with E-state index in [-0.39, 0.29) is 11.8 Å². The number of likely N-dealkylation sites (tertiary alicyclic amines) is 1. The highest BCUT2D eigenvalue weighted by atomic mass is 79.9. The van der Waals surface area contributed by atoms with Crippen LogP contribution in [-0.4, -0.2) is 28.9 Å². The predicted octanol–water partition coefficient (Wildman–Crippen LogP) is 2.22. The fraction of sp³-hybridized carbons (Fsp3) is 0.417. The molecule has 1 aliphatic heterocycles. The molecule has 1 aromatic heterocycles. The van der Waals surface area contributed by atoms with Crippen LogP contribution in [0.15, 0.2) is 22.9 Å². The zero-order valence-corrected chi connectivity index (χ0v) is 10.9. The molecule has 1 unspecified atom stereocenters. The van der Waals surface area contributed by atoms with Crippen molar-refractivity contribution in [3.05, 3.63) is 28.5 Å². The van der Waals surface area contributed by atoms with Crippen LogP contribution in [0.1, 0.15) is 23.2 Å². The number of piperidine rings is 1. The van der Waals surface area contributed by atoms with Crippen molar-refractivity contribution in [2.45, 2.75) is 12.8 Å². The number of carbonyl (C=O) groups excluding carboxylic acids is 1. The van der Waals surface area contributed by atoms with E-state index in [0.29, 0.717) is 16.7 Å². The van der Waals surface area contributed by atoms with Crippen molar-refractivity contribution in [3.8, 4) is 6.07 Å². The fourth-order valence-corrected chi connectivity index (χ4v) is 2.19. The topological polar surface area (TPSA) is 57.0 Å². The summed E-state index contributed by atoms with van der Waals surface area (Å²) in [4.78, 5) is 17.9. The predicted molar refractivity (Wildman–Crippen MR) is 66.2 cm³/mol. The van der Waals surface area contributed by atoms with Gasteiger partial charge in [-0.15, -0.1) is 0 Å². The maximum atomic E-state index is 12.1. The molecule has 1 aliphatic rings. The molecule has 2 heterocycles. The van der Waals surface area contributed by atoms with Crippen LogP contribution in [0.25, 0.3) is 0 Å². The average molecular weight is 294 g/mol. The fourth-order valence-electron chi connectivity index (χ4n) is 1.95. The Hall–Kier alpha value is -1.41. The quantitative estimate of drug-likeness (QED) is 0.746. The van der Waals surface area contributed by atoms with E-state index >= 15 is 0 Å². The zero-order valence-electron chi connectivity index (χ0n) is 9.27. The third kappa shape index (κ3) is 2.83. The number of amides is 1. The van der Waals surface area contributed by atoms with Gasteiger partial charge in [0.05, 0.1) is 17.6 Å². The number of hydrogen-bond donors (Lipinski definition) is 0. The van der Waals surface area contributed by atoms with E-state index in [1.807, 2.05) is 0 Å². The number of pyridine rings is 1. The SMILES string of the molecule is N#CC1CCCN(C(=O)c2ccc(Br)nc2)C1. The van der Waals surface area contributed by atoms with E-state index in [1.165, 1.54) is 0 Å². The summed E-state index contributed by atoms with van der Waals surface area (Å²) >= 11 is 3.23. The Kier molecular flexibility index (Phi) is 3.75. The lowest BCUT2D eigenvalue weighted by Crippen LogP contribution is -2.39. The molecule has 88 valence electrons. The maximum absolute atomic E-state index is 12.1. The number of nitriles is 1. The molecule has 1 amide bonds. The van der Waals surface area contributed by atoms with Gasteiger partial charge in [0, 0.05) is 19.3 Å². The van der Waals surface area contributed by atoms with Crippen LogP contribution >= 0.6 is 15.9 Å².